The maximum absolute atomic E-state index is 12.8. The van der Waals surface area contributed by atoms with Gasteiger partial charge in [0.05, 0.1) is 24.1 Å². The minimum Gasteiger partial charge on any atom is -0.480 e. The summed E-state index contributed by atoms with van der Waals surface area (Å²) in [4.78, 5) is -0.401. The van der Waals surface area contributed by atoms with Crippen molar-refractivity contribution >= 4 is 10.0 Å². The topological polar surface area (TPSA) is 81.6 Å². The highest BCUT2D eigenvalue weighted by atomic mass is 32.2. The van der Waals surface area contributed by atoms with E-state index in [1.165, 1.54) is 13.2 Å². The Balaban J connectivity index is 1.71. The van der Waals surface area contributed by atoms with E-state index < -0.39 is 32.8 Å². The van der Waals surface area contributed by atoms with Gasteiger partial charge in [-0.1, -0.05) is 6.07 Å². The van der Waals surface area contributed by atoms with Crippen LogP contribution in [0.5, 0.6) is 11.8 Å². The van der Waals surface area contributed by atoms with Gasteiger partial charge in [0.2, 0.25) is 21.8 Å². The average Bonchev–Trinajstić information content (AvgIpc) is 3.11. The summed E-state index contributed by atoms with van der Waals surface area (Å²) in [6, 6.07) is 6.78. The molecule has 0 N–H and O–H groups in total. The SMILES string of the molecule is COc1ccc(OC2CCN(S(=O)(=O)c3cccc(C(F)(F)F)c3)C2)nn1. The molecular weight excluding hydrogens is 387 g/mol. The summed E-state index contributed by atoms with van der Waals surface area (Å²) in [6.45, 7) is 0.138. The van der Waals surface area contributed by atoms with Crippen molar-refractivity contribution in [2.24, 2.45) is 0 Å². The van der Waals surface area contributed by atoms with Crippen LogP contribution in [0, 0.1) is 0 Å². The second kappa shape index (κ2) is 7.31. The molecule has 146 valence electrons. The molecule has 0 aliphatic carbocycles. The molecule has 2 heterocycles. The van der Waals surface area contributed by atoms with Gasteiger partial charge < -0.3 is 9.47 Å². The number of alkyl halides is 3. The van der Waals surface area contributed by atoms with E-state index in [1.54, 1.807) is 6.07 Å². The quantitative estimate of drug-likeness (QED) is 0.762. The molecule has 2 aromatic rings. The highest BCUT2D eigenvalue weighted by Gasteiger charge is 2.36. The fraction of sp³-hybridized carbons (Fsp3) is 0.375. The molecule has 1 aliphatic heterocycles. The Morgan fingerprint density at radius 3 is 2.48 bits per heavy atom. The fourth-order valence-corrected chi connectivity index (χ4v) is 4.18. The minimum atomic E-state index is -4.62. The molecule has 0 radical (unpaired) electrons. The number of methoxy groups -OCH3 is 1. The molecular formula is C16H16F3N3O4S. The zero-order valence-corrected chi connectivity index (χ0v) is 15.0. The molecule has 27 heavy (non-hydrogen) atoms. The Morgan fingerprint density at radius 1 is 1.15 bits per heavy atom. The maximum atomic E-state index is 12.8. The number of aromatic nitrogens is 2. The highest BCUT2D eigenvalue weighted by molar-refractivity contribution is 7.89. The molecule has 3 rings (SSSR count). The molecule has 0 amide bonds. The minimum absolute atomic E-state index is 0.00624. The number of hydrogen-bond donors (Lipinski definition) is 0. The second-order valence-electron chi connectivity index (χ2n) is 5.83. The molecule has 7 nitrogen and oxygen atoms in total. The molecule has 11 heteroatoms. The van der Waals surface area contributed by atoms with Gasteiger partial charge in [-0.25, -0.2) is 8.42 Å². The predicted molar refractivity (Wildman–Crippen MR) is 87.8 cm³/mol. The van der Waals surface area contributed by atoms with E-state index in [0.717, 1.165) is 22.5 Å². The summed E-state index contributed by atoms with van der Waals surface area (Å²) < 4.78 is 75.4. The van der Waals surface area contributed by atoms with Gasteiger partial charge in [-0.3, -0.25) is 0 Å². The van der Waals surface area contributed by atoms with Crippen molar-refractivity contribution < 1.29 is 31.1 Å². The normalized spacial score (nSPS) is 18.4. The summed E-state index contributed by atoms with van der Waals surface area (Å²) in [6.07, 6.45) is -4.71. The Morgan fingerprint density at radius 2 is 1.85 bits per heavy atom. The summed E-state index contributed by atoms with van der Waals surface area (Å²) in [5.74, 6) is 0.515. The number of hydrogen-bond acceptors (Lipinski definition) is 6. The van der Waals surface area contributed by atoms with Crippen molar-refractivity contribution in [3.63, 3.8) is 0 Å². The van der Waals surface area contributed by atoms with Crippen molar-refractivity contribution in [3.8, 4) is 11.8 Å². The Labute approximate surface area is 153 Å². The molecule has 1 fully saturated rings. The predicted octanol–water partition coefficient (Wildman–Crippen LogP) is 2.35. The zero-order valence-electron chi connectivity index (χ0n) is 14.2. The lowest BCUT2D eigenvalue weighted by molar-refractivity contribution is -0.137. The van der Waals surface area contributed by atoms with Crippen molar-refractivity contribution in [2.75, 3.05) is 20.2 Å². The van der Waals surface area contributed by atoms with Crippen LogP contribution in [0.2, 0.25) is 0 Å². The monoisotopic (exact) mass is 403 g/mol. The van der Waals surface area contributed by atoms with Gasteiger partial charge in [0, 0.05) is 18.7 Å². The summed E-state index contributed by atoms with van der Waals surface area (Å²) in [7, 11) is -2.62. The lowest BCUT2D eigenvalue weighted by Crippen LogP contribution is -2.31. The fourth-order valence-electron chi connectivity index (χ4n) is 2.64. The van der Waals surface area contributed by atoms with Gasteiger partial charge in [-0.15, -0.1) is 10.2 Å². The number of nitrogens with zero attached hydrogens (tertiary/aromatic N) is 3. The van der Waals surface area contributed by atoms with Gasteiger partial charge in [-0.2, -0.15) is 17.5 Å². The van der Waals surface area contributed by atoms with Crippen LogP contribution in [0.25, 0.3) is 0 Å². The first-order chi connectivity index (χ1) is 12.7. The third-order valence-electron chi connectivity index (χ3n) is 4.02. The second-order valence-corrected chi connectivity index (χ2v) is 7.77. The lowest BCUT2D eigenvalue weighted by Gasteiger charge is -2.18. The van der Waals surface area contributed by atoms with Crippen molar-refractivity contribution in [1.82, 2.24) is 14.5 Å². The number of sulfonamides is 1. The smallest absolute Gasteiger partial charge is 0.416 e. The molecule has 0 bridgehead atoms. The number of halogens is 3. The number of benzene rings is 1. The Bertz CT molecular complexity index is 904. The largest absolute Gasteiger partial charge is 0.480 e. The zero-order chi connectivity index (χ0) is 19.7. The van der Waals surface area contributed by atoms with Gasteiger partial charge in [0.1, 0.15) is 6.10 Å². The molecule has 1 aromatic heterocycles. The summed E-state index contributed by atoms with van der Waals surface area (Å²) in [5, 5.41) is 7.56. The van der Waals surface area contributed by atoms with E-state index >= 15 is 0 Å². The molecule has 1 aromatic carbocycles. The van der Waals surface area contributed by atoms with Gasteiger partial charge in [-0.05, 0) is 24.6 Å². The Kier molecular flexibility index (Phi) is 5.24. The molecule has 0 saturated carbocycles. The van der Waals surface area contributed by atoms with Crippen LogP contribution >= 0.6 is 0 Å². The van der Waals surface area contributed by atoms with E-state index in [9.17, 15) is 21.6 Å². The Hall–Kier alpha value is -2.40. The molecule has 1 aliphatic rings. The number of rotatable bonds is 5. The van der Waals surface area contributed by atoms with Crippen LogP contribution in [0.3, 0.4) is 0 Å². The van der Waals surface area contributed by atoms with Crippen LogP contribution < -0.4 is 9.47 Å². The van der Waals surface area contributed by atoms with Crippen molar-refractivity contribution in [3.05, 3.63) is 42.0 Å². The van der Waals surface area contributed by atoms with Crippen LogP contribution in [0.4, 0.5) is 13.2 Å². The third kappa shape index (κ3) is 4.30. The van der Waals surface area contributed by atoms with E-state index in [0.29, 0.717) is 18.4 Å². The summed E-state index contributed by atoms with van der Waals surface area (Å²) in [5.41, 5.74) is -1.01. The average molecular weight is 403 g/mol. The number of ether oxygens (including phenoxy) is 2. The van der Waals surface area contributed by atoms with Crippen LogP contribution in [0.1, 0.15) is 12.0 Å². The molecule has 0 spiro atoms. The van der Waals surface area contributed by atoms with Crippen LogP contribution in [0.15, 0.2) is 41.3 Å². The van der Waals surface area contributed by atoms with E-state index in [1.807, 2.05) is 0 Å². The first-order valence-electron chi connectivity index (χ1n) is 7.92. The van der Waals surface area contributed by atoms with Gasteiger partial charge in [0.25, 0.3) is 0 Å². The van der Waals surface area contributed by atoms with E-state index in [-0.39, 0.29) is 19.0 Å². The third-order valence-corrected chi connectivity index (χ3v) is 5.88. The maximum Gasteiger partial charge on any atom is 0.416 e. The van der Waals surface area contributed by atoms with Gasteiger partial charge >= 0.3 is 6.18 Å². The van der Waals surface area contributed by atoms with Crippen molar-refractivity contribution in [2.45, 2.75) is 23.6 Å². The van der Waals surface area contributed by atoms with Crippen LogP contribution in [-0.2, 0) is 16.2 Å². The lowest BCUT2D eigenvalue weighted by atomic mass is 10.2. The van der Waals surface area contributed by atoms with E-state index in [4.69, 9.17) is 9.47 Å². The highest BCUT2D eigenvalue weighted by Crippen LogP contribution is 2.32. The molecule has 1 atom stereocenters. The first-order valence-corrected chi connectivity index (χ1v) is 9.36. The molecule has 1 saturated heterocycles. The standard InChI is InChI=1S/C16H16F3N3O4S/c1-25-14-5-6-15(21-20-14)26-12-7-8-22(10-12)27(23,24)13-4-2-3-11(9-13)16(17,18)19/h2-6,9,12H,7-8,10H2,1H3. The van der Waals surface area contributed by atoms with Crippen molar-refractivity contribution in [1.29, 1.82) is 0 Å². The van der Waals surface area contributed by atoms with Gasteiger partial charge in [0.15, 0.2) is 0 Å². The molecule has 1 unspecified atom stereocenters. The van der Waals surface area contributed by atoms with E-state index in [2.05, 4.69) is 10.2 Å². The first kappa shape index (κ1) is 19.4. The van der Waals surface area contributed by atoms with Crippen LogP contribution in [-0.4, -0.2) is 49.2 Å². The summed E-state index contributed by atoms with van der Waals surface area (Å²) >= 11 is 0.